The highest BCUT2D eigenvalue weighted by molar-refractivity contribution is 7.17. The molecule has 3 aromatic rings. The Hall–Kier alpha value is -2.63. The Kier molecular flexibility index (Phi) is 6.50. The molecule has 30 heavy (non-hydrogen) atoms. The maximum atomic E-state index is 13.4. The molecule has 1 aliphatic heterocycles. The second-order valence-corrected chi connectivity index (χ2v) is 8.95. The van der Waals surface area contributed by atoms with Gasteiger partial charge in [-0.25, -0.2) is 0 Å². The van der Waals surface area contributed by atoms with Gasteiger partial charge in [0.15, 0.2) is 0 Å². The van der Waals surface area contributed by atoms with Gasteiger partial charge in [0.1, 0.15) is 17.2 Å². The summed E-state index contributed by atoms with van der Waals surface area (Å²) in [6.45, 7) is 2.50. The van der Waals surface area contributed by atoms with Crippen molar-refractivity contribution in [2.24, 2.45) is 0 Å². The summed E-state index contributed by atoms with van der Waals surface area (Å²) in [5.74, 6) is 0.729. The predicted molar refractivity (Wildman–Crippen MR) is 123 cm³/mol. The lowest BCUT2D eigenvalue weighted by Gasteiger charge is -2.35. The number of benzene rings is 2. The number of rotatable bonds is 6. The molecule has 2 heterocycles. The summed E-state index contributed by atoms with van der Waals surface area (Å²) in [7, 11) is 4.07. The number of hydrogen-bond donors (Lipinski definition) is 0. The van der Waals surface area contributed by atoms with Crippen molar-refractivity contribution in [2.45, 2.75) is 25.5 Å². The van der Waals surface area contributed by atoms with Crippen molar-refractivity contribution in [1.29, 1.82) is 0 Å². The first-order chi connectivity index (χ1) is 14.6. The number of ether oxygens (including phenoxy) is 1. The first-order valence-corrected chi connectivity index (χ1v) is 11.2. The van der Waals surface area contributed by atoms with E-state index in [1.54, 1.807) is 0 Å². The zero-order valence-corrected chi connectivity index (χ0v) is 18.4. The zero-order valence-electron chi connectivity index (χ0n) is 17.6. The van der Waals surface area contributed by atoms with Crippen molar-refractivity contribution in [3.8, 4) is 16.2 Å². The number of hydrogen-bond acceptors (Lipinski definition) is 4. The average molecular weight is 421 g/mol. The van der Waals surface area contributed by atoms with Crippen LogP contribution in [0.25, 0.3) is 10.4 Å². The second-order valence-electron chi connectivity index (χ2n) is 7.89. The van der Waals surface area contributed by atoms with Crippen molar-refractivity contribution in [2.75, 3.05) is 27.2 Å². The maximum Gasteiger partial charge on any atom is 0.267 e. The van der Waals surface area contributed by atoms with E-state index in [2.05, 4.69) is 24.1 Å². The van der Waals surface area contributed by atoms with Gasteiger partial charge in [-0.2, -0.15) is 0 Å². The van der Waals surface area contributed by atoms with Gasteiger partial charge in [-0.1, -0.05) is 60.7 Å². The van der Waals surface area contributed by atoms with Gasteiger partial charge >= 0.3 is 0 Å². The Labute approximate surface area is 182 Å². The molecule has 2 aromatic carbocycles. The summed E-state index contributed by atoms with van der Waals surface area (Å²) in [6.07, 6.45) is 2.02. The third kappa shape index (κ3) is 4.74. The van der Waals surface area contributed by atoms with Gasteiger partial charge in [0.25, 0.3) is 5.91 Å². The monoisotopic (exact) mass is 420 g/mol. The summed E-state index contributed by atoms with van der Waals surface area (Å²) >= 11 is 1.52. The van der Waals surface area contributed by atoms with Crippen molar-refractivity contribution < 1.29 is 9.53 Å². The summed E-state index contributed by atoms with van der Waals surface area (Å²) in [5, 5.41) is 0. The van der Waals surface area contributed by atoms with Crippen LogP contribution in [-0.2, 0) is 6.61 Å². The lowest BCUT2D eigenvalue weighted by atomic mass is 10.0. The van der Waals surface area contributed by atoms with Crippen molar-refractivity contribution >= 4 is 17.2 Å². The molecule has 5 heteroatoms. The minimum absolute atomic E-state index is 0.0554. The standard InChI is InChI=1S/C25H28N2O2S/c1-26-15-13-21(14-16-26)27(2)25(28)24-22(29-18-19-9-5-3-6-10-19)17-23(30-24)20-11-7-4-8-12-20/h3-12,17,21H,13-16,18H2,1-2H3. The fourth-order valence-corrected chi connectivity index (χ4v) is 4.91. The van der Waals surface area contributed by atoms with Gasteiger partial charge in [-0.05, 0) is 50.2 Å². The van der Waals surface area contributed by atoms with E-state index in [1.165, 1.54) is 11.3 Å². The zero-order chi connectivity index (χ0) is 20.9. The molecule has 0 saturated carbocycles. The van der Waals surface area contributed by atoms with E-state index in [1.807, 2.05) is 66.5 Å². The molecule has 4 rings (SSSR count). The fraction of sp³-hybridized carbons (Fsp3) is 0.320. The van der Waals surface area contributed by atoms with Crippen LogP contribution in [0.15, 0.2) is 66.7 Å². The van der Waals surface area contributed by atoms with E-state index < -0.39 is 0 Å². The smallest absolute Gasteiger partial charge is 0.267 e. The minimum Gasteiger partial charge on any atom is -0.487 e. The molecule has 1 saturated heterocycles. The van der Waals surface area contributed by atoms with Crippen LogP contribution in [0, 0.1) is 0 Å². The normalized spacial score (nSPS) is 15.1. The number of likely N-dealkylation sites (tertiary alicyclic amines) is 1. The van der Waals surface area contributed by atoms with Gasteiger partial charge < -0.3 is 14.5 Å². The number of nitrogens with zero attached hydrogens (tertiary/aromatic N) is 2. The molecule has 156 valence electrons. The highest BCUT2D eigenvalue weighted by Gasteiger charge is 2.28. The van der Waals surface area contributed by atoms with Crippen LogP contribution in [0.5, 0.6) is 5.75 Å². The van der Waals surface area contributed by atoms with E-state index in [9.17, 15) is 4.79 Å². The number of carbonyl (C=O) groups excluding carboxylic acids is 1. The van der Waals surface area contributed by atoms with Crippen LogP contribution in [0.2, 0.25) is 0 Å². The Morgan fingerprint density at radius 3 is 2.37 bits per heavy atom. The maximum absolute atomic E-state index is 13.4. The SMILES string of the molecule is CN1CCC(N(C)C(=O)c2sc(-c3ccccc3)cc2OCc2ccccc2)CC1. The molecule has 0 unspecified atom stereocenters. The van der Waals surface area contributed by atoms with Gasteiger partial charge in [-0.15, -0.1) is 11.3 Å². The Bertz CT molecular complexity index is 963. The van der Waals surface area contributed by atoms with E-state index in [4.69, 9.17) is 4.74 Å². The molecule has 1 amide bonds. The number of carbonyl (C=O) groups is 1. The molecule has 0 aliphatic carbocycles. The first kappa shape index (κ1) is 20.6. The molecule has 1 aliphatic rings. The van der Waals surface area contributed by atoms with Crippen LogP contribution in [0.3, 0.4) is 0 Å². The summed E-state index contributed by atoms with van der Waals surface area (Å²) < 4.78 is 6.16. The third-order valence-corrected chi connectivity index (χ3v) is 6.90. The quantitative estimate of drug-likeness (QED) is 0.552. The van der Waals surface area contributed by atoms with E-state index in [-0.39, 0.29) is 11.9 Å². The molecule has 4 nitrogen and oxygen atoms in total. The lowest BCUT2D eigenvalue weighted by molar-refractivity contribution is 0.0660. The molecule has 0 atom stereocenters. The van der Waals surface area contributed by atoms with Crippen LogP contribution in [0.1, 0.15) is 28.1 Å². The van der Waals surface area contributed by atoms with Crippen molar-refractivity contribution in [1.82, 2.24) is 9.80 Å². The Balaban J connectivity index is 1.59. The Morgan fingerprint density at radius 1 is 1.07 bits per heavy atom. The van der Waals surface area contributed by atoms with Crippen LogP contribution in [-0.4, -0.2) is 48.9 Å². The average Bonchev–Trinajstić information content (AvgIpc) is 3.23. The van der Waals surface area contributed by atoms with Crippen molar-refractivity contribution in [3.05, 3.63) is 77.2 Å². The molecule has 0 bridgehead atoms. The van der Waals surface area contributed by atoms with Crippen LogP contribution in [0.4, 0.5) is 0 Å². The van der Waals surface area contributed by atoms with Gasteiger partial charge in [0, 0.05) is 18.0 Å². The van der Waals surface area contributed by atoms with Gasteiger partial charge in [0.2, 0.25) is 0 Å². The first-order valence-electron chi connectivity index (χ1n) is 10.4. The molecular formula is C25H28N2O2S. The van der Waals surface area contributed by atoms with E-state index >= 15 is 0 Å². The molecule has 0 spiro atoms. The van der Waals surface area contributed by atoms with Crippen molar-refractivity contribution in [3.63, 3.8) is 0 Å². The lowest BCUT2D eigenvalue weighted by Crippen LogP contribution is -2.44. The minimum atomic E-state index is 0.0554. The number of amides is 1. The van der Waals surface area contributed by atoms with Crippen LogP contribution >= 0.6 is 11.3 Å². The van der Waals surface area contributed by atoms with Gasteiger partial charge in [-0.3, -0.25) is 4.79 Å². The van der Waals surface area contributed by atoms with E-state index in [0.717, 1.165) is 41.9 Å². The molecule has 1 fully saturated rings. The highest BCUT2D eigenvalue weighted by atomic mass is 32.1. The Morgan fingerprint density at radius 2 is 1.70 bits per heavy atom. The number of thiophene rings is 1. The second kappa shape index (κ2) is 9.45. The summed E-state index contributed by atoms with van der Waals surface area (Å²) in [6, 6.07) is 22.5. The third-order valence-electron chi connectivity index (χ3n) is 5.74. The van der Waals surface area contributed by atoms with Gasteiger partial charge in [0.05, 0.1) is 0 Å². The summed E-state index contributed by atoms with van der Waals surface area (Å²) in [5.41, 5.74) is 2.19. The van der Waals surface area contributed by atoms with Crippen LogP contribution < -0.4 is 4.74 Å². The topological polar surface area (TPSA) is 32.8 Å². The predicted octanol–water partition coefficient (Wildman–Crippen LogP) is 5.16. The molecule has 1 aromatic heterocycles. The molecule has 0 radical (unpaired) electrons. The summed E-state index contributed by atoms with van der Waals surface area (Å²) in [4.78, 5) is 19.4. The largest absolute Gasteiger partial charge is 0.487 e. The fourth-order valence-electron chi connectivity index (χ4n) is 3.82. The van der Waals surface area contributed by atoms with E-state index in [0.29, 0.717) is 17.2 Å². The molecule has 0 N–H and O–H groups in total. The number of piperidine rings is 1. The highest BCUT2D eigenvalue weighted by Crippen LogP contribution is 2.38. The molecular weight excluding hydrogens is 392 g/mol.